The summed E-state index contributed by atoms with van der Waals surface area (Å²) in [6.45, 7) is 5.94. The van der Waals surface area contributed by atoms with E-state index in [0.29, 0.717) is 18.0 Å². The molecule has 0 unspecified atom stereocenters. The molecular formula is C9H19NOS. The van der Waals surface area contributed by atoms with Gasteiger partial charge in [0.1, 0.15) is 0 Å². The van der Waals surface area contributed by atoms with Crippen molar-refractivity contribution in [3.05, 3.63) is 0 Å². The maximum Gasteiger partial charge on any atom is 0.0750 e. The van der Waals surface area contributed by atoms with Crippen molar-refractivity contribution in [3.63, 3.8) is 0 Å². The molecule has 0 spiro atoms. The average Bonchev–Trinajstić information content (AvgIpc) is 1.95. The Kier molecular flexibility index (Phi) is 7.40. The van der Waals surface area contributed by atoms with Crippen LogP contribution in [0.4, 0.5) is 0 Å². The molecule has 0 rings (SSSR count). The molecule has 2 N–H and O–H groups in total. The fourth-order valence-electron chi connectivity index (χ4n) is 0.868. The summed E-state index contributed by atoms with van der Waals surface area (Å²) < 4.78 is 5.33. The van der Waals surface area contributed by atoms with Crippen LogP contribution in [0.15, 0.2) is 0 Å². The molecule has 0 aromatic rings. The topological polar surface area (TPSA) is 35.2 Å². The van der Waals surface area contributed by atoms with Gasteiger partial charge in [-0.2, -0.15) is 0 Å². The first-order valence-electron chi connectivity index (χ1n) is 4.49. The van der Waals surface area contributed by atoms with Crippen LogP contribution < -0.4 is 5.73 Å². The van der Waals surface area contributed by atoms with Gasteiger partial charge in [-0.15, -0.1) is 0 Å². The molecule has 0 saturated carbocycles. The third-order valence-corrected chi connectivity index (χ3v) is 1.77. The predicted molar refractivity (Wildman–Crippen MR) is 56.3 cm³/mol. The molecule has 0 heterocycles. The van der Waals surface area contributed by atoms with E-state index < -0.39 is 0 Å². The van der Waals surface area contributed by atoms with Crippen LogP contribution in [0.25, 0.3) is 0 Å². The highest BCUT2D eigenvalue weighted by atomic mass is 32.1. The van der Waals surface area contributed by atoms with Crippen molar-refractivity contribution < 1.29 is 4.74 Å². The van der Waals surface area contributed by atoms with Crippen LogP contribution in [0.5, 0.6) is 0 Å². The summed E-state index contributed by atoms with van der Waals surface area (Å²) in [6.07, 6.45) is 3.07. The van der Waals surface area contributed by atoms with Crippen LogP contribution in [0.1, 0.15) is 33.1 Å². The van der Waals surface area contributed by atoms with E-state index in [1.165, 1.54) is 6.42 Å². The molecule has 0 saturated heterocycles. The Morgan fingerprint density at radius 3 is 2.58 bits per heavy atom. The van der Waals surface area contributed by atoms with Crippen LogP contribution in [0, 0.1) is 5.92 Å². The molecule has 2 nitrogen and oxygen atoms in total. The van der Waals surface area contributed by atoms with Gasteiger partial charge in [0.25, 0.3) is 0 Å². The van der Waals surface area contributed by atoms with Crippen molar-refractivity contribution in [2.45, 2.75) is 33.1 Å². The van der Waals surface area contributed by atoms with Gasteiger partial charge in [-0.05, 0) is 18.8 Å². The van der Waals surface area contributed by atoms with Gasteiger partial charge >= 0.3 is 0 Å². The Morgan fingerprint density at radius 2 is 2.08 bits per heavy atom. The molecule has 0 aromatic heterocycles. The predicted octanol–water partition coefficient (Wildman–Crippen LogP) is 2.12. The summed E-state index contributed by atoms with van der Waals surface area (Å²) in [5.74, 6) is 0.768. The second-order valence-corrected chi connectivity index (χ2v) is 3.89. The monoisotopic (exact) mass is 189 g/mol. The minimum atomic E-state index is 0.541. The first kappa shape index (κ1) is 11.8. The van der Waals surface area contributed by atoms with Crippen LogP contribution >= 0.6 is 12.2 Å². The van der Waals surface area contributed by atoms with E-state index in [0.717, 1.165) is 18.9 Å². The highest BCUT2D eigenvalue weighted by molar-refractivity contribution is 7.80. The van der Waals surface area contributed by atoms with Crippen molar-refractivity contribution in [1.29, 1.82) is 0 Å². The molecule has 0 fully saturated rings. The molecule has 0 aliphatic rings. The Balaban J connectivity index is 2.96. The van der Waals surface area contributed by atoms with E-state index in [9.17, 15) is 0 Å². The van der Waals surface area contributed by atoms with Gasteiger partial charge in [0.2, 0.25) is 0 Å². The molecule has 0 amide bonds. The maximum absolute atomic E-state index is 5.33. The van der Waals surface area contributed by atoms with Crippen molar-refractivity contribution in [2.75, 3.05) is 13.2 Å². The summed E-state index contributed by atoms with van der Waals surface area (Å²) in [4.78, 5) is 0.541. The highest BCUT2D eigenvalue weighted by Gasteiger charge is 1.94. The molecule has 3 heteroatoms. The van der Waals surface area contributed by atoms with E-state index in [-0.39, 0.29) is 0 Å². The fourth-order valence-corrected chi connectivity index (χ4v) is 0.952. The summed E-state index contributed by atoms with van der Waals surface area (Å²) in [5, 5.41) is 0. The van der Waals surface area contributed by atoms with Gasteiger partial charge < -0.3 is 10.5 Å². The van der Waals surface area contributed by atoms with Crippen LogP contribution in [-0.4, -0.2) is 18.2 Å². The summed E-state index contributed by atoms with van der Waals surface area (Å²) >= 11 is 4.71. The summed E-state index contributed by atoms with van der Waals surface area (Å²) in [7, 11) is 0. The zero-order valence-electron chi connectivity index (χ0n) is 8.01. The number of thiocarbonyl (C=S) groups is 1. The van der Waals surface area contributed by atoms with E-state index in [4.69, 9.17) is 22.7 Å². The molecule has 0 bridgehead atoms. The van der Waals surface area contributed by atoms with Crippen LogP contribution in [0.3, 0.4) is 0 Å². The van der Waals surface area contributed by atoms with E-state index in [1.807, 2.05) is 0 Å². The number of hydrogen-bond donors (Lipinski definition) is 1. The van der Waals surface area contributed by atoms with Gasteiger partial charge in [-0.1, -0.05) is 26.1 Å². The number of ether oxygens (including phenoxy) is 1. The largest absolute Gasteiger partial charge is 0.393 e. The van der Waals surface area contributed by atoms with Gasteiger partial charge in [-0.3, -0.25) is 0 Å². The molecule has 0 aliphatic heterocycles. The Labute approximate surface area is 80.5 Å². The fraction of sp³-hybridized carbons (Fsp3) is 0.889. The Hall–Kier alpha value is -0.150. The third kappa shape index (κ3) is 9.85. The molecule has 0 aliphatic carbocycles. The molecule has 0 atom stereocenters. The summed E-state index contributed by atoms with van der Waals surface area (Å²) in [5.41, 5.74) is 5.31. The standard InChI is InChI=1S/C9H19NOS/c1-8(2)4-3-6-11-7-5-9(10)12/h8H,3-7H2,1-2H3,(H2,10,12). The van der Waals surface area contributed by atoms with Crippen LogP contribution in [-0.2, 0) is 4.74 Å². The Morgan fingerprint density at radius 1 is 1.42 bits per heavy atom. The molecule has 72 valence electrons. The maximum atomic E-state index is 5.33. The molecule has 0 radical (unpaired) electrons. The zero-order valence-corrected chi connectivity index (χ0v) is 8.82. The van der Waals surface area contributed by atoms with Crippen molar-refractivity contribution in [3.8, 4) is 0 Å². The van der Waals surface area contributed by atoms with Gasteiger partial charge in [-0.25, -0.2) is 0 Å². The number of hydrogen-bond acceptors (Lipinski definition) is 2. The third-order valence-electron chi connectivity index (χ3n) is 1.56. The molecular weight excluding hydrogens is 170 g/mol. The lowest BCUT2D eigenvalue weighted by Gasteiger charge is -2.05. The van der Waals surface area contributed by atoms with Crippen molar-refractivity contribution in [1.82, 2.24) is 0 Å². The van der Waals surface area contributed by atoms with E-state index >= 15 is 0 Å². The second kappa shape index (κ2) is 7.50. The average molecular weight is 189 g/mol. The minimum Gasteiger partial charge on any atom is -0.393 e. The molecule has 12 heavy (non-hydrogen) atoms. The lowest BCUT2D eigenvalue weighted by molar-refractivity contribution is 0.134. The molecule has 0 aromatic carbocycles. The van der Waals surface area contributed by atoms with Crippen molar-refractivity contribution in [2.24, 2.45) is 11.7 Å². The SMILES string of the molecule is CC(C)CCCOCCC(N)=S. The first-order chi connectivity index (χ1) is 5.63. The lowest BCUT2D eigenvalue weighted by Crippen LogP contribution is -2.11. The minimum absolute atomic E-state index is 0.541. The van der Waals surface area contributed by atoms with Crippen LogP contribution in [0.2, 0.25) is 0 Å². The van der Waals surface area contributed by atoms with E-state index in [1.54, 1.807) is 0 Å². The number of nitrogens with two attached hydrogens (primary N) is 1. The van der Waals surface area contributed by atoms with Gasteiger partial charge in [0.05, 0.1) is 11.6 Å². The first-order valence-corrected chi connectivity index (χ1v) is 4.89. The van der Waals surface area contributed by atoms with Crippen molar-refractivity contribution >= 4 is 17.2 Å². The highest BCUT2D eigenvalue weighted by Crippen LogP contribution is 2.02. The Bertz CT molecular complexity index is 126. The quantitative estimate of drug-likeness (QED) is 0.492. The number of rotatable bonds is 7. The zero-order chi connectivity index (χ0) is 9.40. The van der Waals surface area contributed by atoms with E-state index in [2.05, 4.69) is 13.8 Å². The lowest BCUT2D eigenvalue weighted by atomic mass is 10.1. The normalized spacial score (nSPS) is 10.6. The summed E-state index contributed by atoms with van der Waals surface area (Å²) in [6, 6.07) is 0. The van der Waals surface area contributed by atoms with Gasteiger partial charge in [0, 0.05) is 13.0 Å². The second-order valence-electron chi connectivity index (χ2n) is 3.36. The smallest absolute Gasteiger partial charge is 0.0750 e. The van der Waals surface area contributed by atoms with Gasteiger partial charge in [0.15, 0.2) is 0 Å².